The molecule has 0 heterocycles. The van der Waals surface area contributed by atoms with Gasteiger partial charge in [-0.15, -0.1) is 0 Å². The Kier molecular flexibility index (Phi) is 25.5. The van der Waals surface area contributed by atoms with Gasteiger partial charge in [0.05, 0.1) is 0 Å². The zero-order valence-electron chi connectivity index (χ0n) is 19.4. The normalized spacial score (nSPS) is 11.6. The van der Waals surface area contributed by atoms with E-state index < -0.39 is 0 Å². The predicted molar refractivity (Wildman–Crippen MR) is 127 cm³/mol. The molecular formula is C27H54. The van der Waals surface area contributed by atoms with Gasteiger partial charge in [0, 0.05) is 0 Å². The first kappa shape index (κ1) is 26.7. The monoisotopic (exact) mass is 378 g/mol. The maximum absolute atomic E-state index is 2.43. The standard InChI is InChI=1S/C27H54/c1-3-5-7-9-11-13-15-17-19-21-23-25-27-26-24-22-20-18-16-14-12-10-8-6-4-2/h15,17H,3-14,16,18-27H2,1-2H3/b17-15+. The Morgan fingerprint density at radius 1 is 0.296 bits per heavy atom. The first-order valence-corrected chi connectivity index (χ1v) is 13.1. The van der Waals surface area contributed by atoms with Gasteiger partial charge in [0.2, 0.25) is 0 Å². The molecule has 162 valence electrons. The summed E-state index contributed by atoms with van der Waals surface area (Å²) in [5.41, 5.74) is 0. The molecule has 0 saturated heterocycles. The van der Waals surface area contributed by atoms with Crippen molar-refractivity contribution in [1.29, 1.82) is 0 Å². The molecule has 0 saturated carbocycles. The summed E-state index contributed by atoms with van der Waals surface area (Å²) in [6.07, 6.45) is 37.9. The lowest BCUT2D eigenvalue weighted by atomic mass is 10.0. The molecule has 0 atom stereocenters. The SMILES string of the molecule is CCCCCCC/C=C/CCCCCCCCCCCCCCCCCC. The molecule has 0 heteroatoms. The lowest BCUT2D eigenvalue weighted by Crippen LogP contribution is -1.83. The second kappa shape index (κ2) is 25.7. The zero-order valence-corrected chi connectivity index (χ0v) is 19.4. The van der Waals surface area contributed by atoms with Gasteiger partial charge in [-0.1, -0.05) is 148 Å². The lowest BCUT2D eigenvalue weighted by Gasteiger charge is -2.03. The molecular weight excluding hydrogens is 324 g/mol. The Balaban J connectivity index is 3.02. The molecule has 0 aliphatic heterocycles. The Hall–Kier alpha value is -0.260. The van der Waals surface area contributed by atoms with Gasteiger partial charge in [-0.2, -0.15) is 0 Å². The van der Waals surface area contributed by atoms with Gasteiger partial charge in [0.15, 0.2) is 0 Å². The Morgan fingerprint density at radius 3 is 0.778 bits per heavy atom. The van der Waals surface area contributed by atoms with Crippen LogP contribution in [0.15, 0.2) is 12.2 Å². The maximum Gasteiger partial charge on any atom is -0.0351 e. The average Bonchev–Trinajstić information content (AvgIpc) is 2.68. The first-order chi connectivity index (χ1) is 13.4. The number of allylic oxidation sites excluding steroid dienone is 2. The fourth-order valence-corrected chi connectivity index (χ4v) is 3.91. The smallest absolute Gasteiger partial charge is 0.0351 e. The van der Waals surface area contributed by atoms with Crippen LogP contribution in [0.4, 0.5) is 0 Å². The van der Waals surface area contributed by atoms with Crippen molar-refractivity contribution in [3.05, 3.63) is 12.2 Å². The van der Waals surface area contributed by atoms with Crippen molar-refractivity contribution >= 4 is 0 Å². The van der Waals surface area contributed by atoms with Gasteiger partial charge in [-0.05, 0) is 25.7 Å². The minimum absolute atomic E-state index is 1.31. The molecule has 0 aliphatic rings. The second-order valence-corrected chi connectivity index (χ2v) is 8.77. The van der Waals surface area contributed by atoms with Crippen LogP contribution in [-0.2, 0) is 0 Å². The van der Waals surface area contributed by atoms with Crippen LogP contribution < -0.4 is 0 Å². The molecule has 0 bridgehead atoms. The fraction of sp³-hybridized carbons (Fsp3) is 0.926. The molecule has 27 heavy (non-hydrogen) atoms. The third-order valence-electron chi connectivity index (χ3n) is 5.87. The van der Waals surface area contributed by atoms with Gasteiger partial charge >= 0.3 is 0 Å². The number of rotatable bonds is 23. The highest BCUT2D eigenvalue weighted by molar-refractivity contribution is 4.81. The first-order valence-electron chi connectivity index (χ1n) is 13.1. The maximum atomic E-state index is 2.43. The second-order valence-electron chi connectivity index (χ2n) is 8.77. The van der Waals surface area contributed by atoms with Crippen LogP contribution in [-0.4, -0.2) is 0 Å². The van der Waals surface area contributed by atoms with E-state index in [0.29, 0.717) is 0 Å². The molecule has 0 radical (unpaired) electrons. The van der Waals surface area contributed by atoms with Crippen molar-refractivity contribution in [2.75, 3.05) is 0 Å². The third-order valence-corrected chi connectivity index (χ3v) is 5.87. The summed E-state index contributed by atoms with van der Waals surface area (Å²) in [5.74, 6) is 0. The van der Waals surface area contributed by atoms with Crippen molar-refractivity contribution in [2.45, 2.75) is 162 Å². The number of hydrogen-bond acceptors (Lipinski definition) is 0. The number of hydrogen-bond donors (Lipinski definition) is 0. The summed E-state index contributed by atoms with van der Waals surface area (Å²) in [6, 6.07) is 0. The molecule has 0 N–H and O–H groups in total. The lowest BCUT2D eigenvalue weighted by molar-refractivity contribution is 0.530. The Morgan fingerprint density at radius 2 is 0.519 bits per heavy atom. The molecule has 0 aliphatic carbocycles. The van der Waals surface area contributed by atoms with Crippen LogP contribution in [0.5, 0.6) is 0 Å². The zero-order chi connectivity index (χ0) is 19.7. The Bertz CT molecular complexity index is 265. The predicted octanol–water partition coefficient (Wildman–Crippen LogP) is 10.6. The van der Waals surface area contributed by atoms with Gasteiger partial charge in [0.1, 0.15) is 0 Å². The van der Waals surface area contributed by atoms with E-state index in [9.17, 15) is 0 Å². The number of unbranched alkanes of at least 4 members (excludes halogenated alkanes) is 21. The van der Waals surface area contributed by atoms with E-state index in [0.717, 1.165) is 0 Å². The molecule has 0 spiro atoms. The molecule has 0 aromatic carbocycles. The van der Waals surface area contributed by atoms with Crippen molar-refractivity contribution in [3.63, 3.8) is 0 Å². The summed E-state index contributed by atoms with van der Waals surface area (Å²) < 4.78 is 0. The van der Waals surface area contributed by atoms with E-state index in [1.807, 2.05) is 0 Å². The minimum atomic E-state index is 1.31. The van der Waals surface area contributed by atoms with E-state index >= 15 is 0 Å². The van der Waals surface area contributed by atoms with Crippen molar-refractivity contribution in [3.8, 4) is 0 Å². The highest BCUT2D eigenvalue weighted by Crippen LogP contribution is 2.14. The van der Waals surface area contributed by atoms with Crippen molar-refractivity contribution in [2.24, 2.45) is 0 Å². The highest BCUT2D eigenvalue weighted by Gasteiger charge is 1.94. The molecule has 0 aromatic rings. The van der Waals surface area contributed by atoms with Crippen LogP contribution in [0.25, 0.3) is 0 Å². The van der Waals surface area contributed by atoms with Crippen LogP contribution in [0, 0.1) is 0 Å². The molecule has 0 aromatic heterocycles. The highest BCUT2D eigenvalue weighted by atomic mass is 14.0. The summed E-state index contributed by atoms with van der Waals surface area (Å²) in [6.45, 7) is 4.59. The van der Waals surface area contributed by atoms with Crippen molar-refractivity contribution in [1.82, 2.24) is 0 Å². The molecule has 0 fully saturated rings. The molecule has 0 nitrogen and oxygen atoms in total. The molecule has 0 rings (SSSR count). The van der Waals surface area contributed by atoms with Crippen LogP contribution in [0.1, 0.15) is 162 Å². The van der Waals surface area contributed by atoms with Crippen LogP contribution >= 0.6 is 0 Å². The average molecular weight is 379 g/mol. The summed E-state index contributed by atoms with van der Waals surface area (Å²) in [7, 11) is 0. The summed E-state index contributed by atoms with van der Waals surface area (Å²) in [4.78, 5) is 0. The summed E-state index contributed by atoms with van der Waals surface area (Å²) in [5, 5.41) is 0. The van der Waals surface area contributed by atoms with Gasteiger partial charge in [-0.3, -0.25) is 0 Å². The Labute approximate surface area is 174 Å². The van der Waals surface area contributed by atoms with E-state index in [-0.39, 0.29) is 0 Å². The van der Waals surface area contributed by atoms with E-state index in [1.54, 1.807) is 0 Å². The summed E-state index contributed by atoms with van der Waals surface area (Å²) >= 11 is 0. The van der Waals surface area contributed by atoms with Crippen LogP contribution in [0.3, 0.4) is 0 Å². The van der Waals surface area contributed by atoms with Crippen LogP contribution in [0.2, 0.25) is 0 Å². The third kappa shape index (κ3) is 25.7. The van der Waals surface area contributed by atoms with Gasteiger partial charge in [-0.25, -0.2) is 0 Å². The molecule has 0 unspecified atom stereocenters. The van der Waals surface area contributed by atoms with E-state index in [2.05, 4.69) is 26.0 Å². The minimum Gasteiger partial charge on any atom is -0.0885 e. The fourth-order valence-electron chi connectivity index (χ4n) is 3.91. The quantitative estimate of drug-likeness (QED) is 0.122. The van der Waals surface area contributed by atoms with E-state index in [1.165, 1.54) is 148 Å². The topological polar surface area (TPSA) is 0 Å². The van der Waals surface area contributed by atoms with E-state index in [4.69, 9.17) is 0 Å². The molecule has 0 amide bonds. The van der Waals surface area contributed by atoms with Gasteiger partial charge < -0.3 is 0 Å². The largest absolute Gasteiger partial charge is 0.0885 e. The van der Waals surface area contributed by atoms with Crippen molar-refractivity contribution < 1.29 is 0 Å². The van der Waals surface area contributed by atoms with Gasteiger partial charge in [0.25, 0.3) is 0 Å².